The van der Waals surface area contributed by atoms with Gasteiger partial charge in [0.2, 0.25) is 5.16 Å². The van der Waals surface area contributed by atoms with Crippen molar-refractivity contribution in [3.63, 3.8) is 0 Å². The van der Waals surface area contributed by atoms with E-state index < -0.39 is 0 Å². The average Bonchev–Trinajstić information content (AvgIpc) is 3.27. The standard InChI is InChI=1S/C17H25N5O2S/c1-11(2)22-12(3)8-15(13(22)4)16(23)10-25-17-18-19-20-21(17)9-14-6-5-7-24-14/h8,11,14H,5-7,9-10H2,1-4H3/t14-/m1/s1. The number of carbonyl (C=O) groups excluding carboxylic acids is 1. The lowest BCUT2D eigenvalue weighted by molar-refractivity contribution is 0.0912. The van der Waals surface area contributed by atoms with Crippen LogP contribution >= 0.6 is 11.8 Å². The quantitative estimate of drug-likeness (QED) is 0.556. The van der Waals surface area contributed by atoms with E-state index in [0.717, 1.165) is 36.4 Å². The summed E-state index contributed by atoms with van der Waals surface area (Å²) in [7, 11) is 0. The number of aryl methyl sites for hydroxylation is 1. The average molecular weight is 363 g/mol. The zero-order valence-electron chi connectivity index (χ0n) is 15.2. The highest BCUT2D eigenvalue weighted by atomic mass is 32.2. The third-order valence-corrected chi connectivity index (χ3v) is 5.49. The number of ether oxygens (including phenoxy) is 1. The molecule has 0 N–H and O–H groups in total. The molecule has 1 aliphatic heterocycles. The highest BCUT2D eigenvalue weighted by Gasteiger charge is 2.21. The number of carbonyl (C=O) groups is 1. The Morgan fingerprint density at radius 1 is 1.44 bits per heavy atom. The van der Waals surface area contributed by atoms with Gasteiger partial charge < -0.3 is 9.30 Å². The maximum atomic E-state index is 12.7. The minimum absolute atomic E-state index is 0.108. The van der Waals surface area contributed by atoms with Gasteiger partial charge in [-0.2, -0.15) is 0 Å². The van der Waals surface area contributed by atoms with Crippen molar-refractivity contribution in [3.8, 4) is 0 Å². The summed E-state index contributed by atoms with van der Waals surface area (Å²) in [6, 6.07) is 2.32. The van der Waals surface area contributed by atoms with Crippen LogP contribution in [0.5, 0.6) is 0 Å². The van der Waals surface area contributed by atoms with Crippen LogP contribution in [0.15, 0.2) is 11.2 Å². The Bertz CT molecular complexity index is 746. The van der Waals surface area contributed by atoms with Crippen molar-refractivity contribution in [1.29, 1.82) is 0 Å². The van der Waals surface area contributed by atoms with Crippen LogP contribution in [0.2, 0.25) is 0 Å². The summed E-state index contributed by atoms with van der Waals surface area (Å²) in [5.74, 6) is 0.436. The lowest BCUT2D eigenvalue weighted by Crippen LogP contribution is -2.17. The van der Waals surface area contributed by atoms with Crippen molar-refractivity contribution in [2.45, 2.75) is 64.4 Å². The Morgan fingerprint density at radius 2 is 2.24 bits per heavy atom. The van der Waals surface area contributed by atoms with Gasteiger partial charge in [0.05, 0.1) is 18.4 Å². The molecule has 0 spiro atoms. The highest BCUT2D eigenvalue weighted by Crippen LogP contribution is 2.24. The lowest BCUT2D eigenvalue weighted by atomic mass is 10.2. The summed E-state index contributed by atoms with van der Waals surface area (Å²) in [6.07, 6.45) is 2.28. The second-order valence-corrected chi connectivity index (χ2v) is 7.68. The molecular weight excluding hydrogens is 338 g/mol. The number of aromatic nitrogens is 5. The molecule has 2 aromatic rings. The molecule has 0 aromatic carbocycles. The van der Waals surface area contributed by atoms with Gasteiger partial charge in [0, 0.05) is 29.6 Å². The highest BCUT2D eigenvalue weighted by molar-refractivity contribution is 7.99. The smallest absolute Gasteiger partial charge is 0.209 e. The van der Waals surface area contributed by atoms with Gasteiger partial charge in [-0.3, -0.25) is 4.79 Å². The van der Waals surface area contributed by atoms with Crippen molar-refractivity contribution >= 4 is 17.5 Å². The third-order valence-electron chi connectivity index (χ3n) is 4.53. The molecule has 3 heterocycles. The van der Waals surface area contributed by atoms with Crippen LogP contribution in [0, 0.1) is 13.8 Å². The van der Waals surface area contributed by atoms with E-state index in [2.05, 4.69) is 33.9 Å². The van der Waals surface area contributed by atoms with E-state index in [9.17, 15) is 4.79 Å². The van der Waals surface area contributed by atoms with Crippen LogP contribution < -0.4 is 0 Å². The van der Waals surface area contributed by atoms with Gasteiger partial charge in [0.25, 0.3) is 0 Å². The Balaban J connectivity index is 1.65. The largest absolute Gasteiger partial charge is 0.376 e. The molecule has 1 saturated heterocycles. The first-order valence-corrected chi connectivity index (χ1v) is 9.68. The summed E-state index contributed by atoms with van der Waals surface area (Å²) in [5, 5.41) is 12.5. The van der Waals surface area contributed by atoms with Gasteiger partial charge >= 0.3 is 0 Å². The zero-order valence-corrected chi connectivity index (χ0v) is 16.0. The number of rotatable bonds is 7. The van der Waals surface area contributed by atoms with E-state index >= 15 is 0 Å². The molecule has 2 aromatic heterocycles. The lowest BCUT2D eigenvalue weighted by Gasteiger charge is -2.13. The number of ketones is 1. The first kappa shape index (κ1) is 18.1. The molecule has 0 radical (unpaired) electrons. The monoisotopic (exact) mass is 363 g/mol. The molecule has 136 valence electrons. The second kappa shape index (κ2) is 7.70. The second-order valence-electron chi connectivity index (χ2n) is 6.74. The molecule has 0 saturated carbocycles. The Morgan fingerprint density at radius 3 is 2.88 bits per heavy atom. The molecule has 0 unspecified atom stereocenters. The van der Waals surface area contributed by atoms with E-state index in [-0.39, 0.29) is 11.9 Å². The first-order chi connectivity index (χ1) is 12.0. The molecule has 0 aliphatic carbocycles. The van der Waals surface area contributed by atoms with E-state index in [0.29, 0.717) is 23.5 Å². The van der Waals surface area contributed by atoms with E-state index in [1.807, 2.05) is 19.9 Å². The van der Waals surface area contributed by atoms with E-state index in [1.165, 1.54) is 11.8 Å². The minimum Gasteiger partial charge on any atom is -0.376 e. The van der Waals surface area contributed by atoms with Crippen LogP contribution in [0.1, 0.15) is 54.5 Å². The summed E-state index contributed by atoms with van der Waals surface area (Å²) in [6.45, 7) is 9.75. The number of hydrogen-bond donors (Lipinski definition) is 0. The summed E-state index contributed by atoms with van der Waals surface area (Å²) >= 11 is 1.38. The molecule has 1 atom stereocenters. The van der Waals surface area contributed by atoms with Gasteiger partial charge in [-0.25, -0.2) is 4.68 Å². The normalized spacial score (nSPS) is 17.6. The summed E-state index contributed by atoms with van der Waals surface area (Å²) < 4.78 is 9.57. The SMILES string of the molecule is Cc1cc(C(=O)CSc2nnnn2C[C@H]2CCCO2)c(C)n1C(C)C. The fourth-order valence-corrected chi connectivity index (χ4v) is 4.23. The van der Waals surface area contributed by atoms with Gasteiger partial charge in [-0.1, -0.05) is 11.8 Å². The molecule has 0 bridgehead atoms. The van der Waals surface area contributed by atoms with Gasteiger partial charge in [0.1, 0.15) is 0 Å². The first-order valence-electron chi connectivity index (χ1n) is 8.69. The van der Waals surface area contributed by atoms with Crippen molar-refractivity contribution in [3.05, 3.63) is 23.0 Å². The maximum Gasteiger partial charge on any atom is 0.209 e. The van der Waals surface area contributed by atoms with Crippen LogP contribution in [-0.2, 0) is 11.3 Å². The maximum absolute atomic E-state index is 12.7. The minimum atomic E-state index is 0.108. The summed E-state index contributed by atoms with van der Waals surface area (Å²) in [5.41, 5.74) is 2.93. The van der Waals surface area contributed by atoms with Crippen molar-refractivity contribution in [1.82, 2.24) is 24.8 Å². The van der Waals surface area contributed by atoms with Gasteiger partial charge in [-0.05, 0) is 57.0 Å². The number of tetrazole rings is 1. The van der Waals surface area contributed by atoms with Crippen molar-refractivity contribution < 1.29 is 9.53 Å². The predicted octanol–water partition coefficient (Wildman–Crippen LogP) is 2.83. The molecular formula is C17H25N5O2S. The van der Waals surface area contributed by atoms with Crippen LogP contribution in [0.3, 0.4) is 0 Å². The Hall–Kier alpha value is -1.67. The fourth-order valence-electron chi connectivity index (χ4n) is 3.46. The van der Waals surface area contributed by atoms with Crippen molar-refractivity contribution in [2.75, 3.05) is 12.4 Å². The number of thioether (sulfide) groups is 1. The molecule has 0 amide bonds. The van der Waals surface area contributed by atoms with Crippen LogP contribution in [0.4, 0.5) is 0 Å². The zero-order chi connectivity index (χ0) is 18.0. The predicted molar refractivity (Wildman–Crippen MR) is 96.1 cm³/mol. The number of Topliss-reactive ketones (excluding diaryl/α,β-unsaturated/α-hetero) is 1. The molecule has 25 heavy (non-hydrogen) atoms. The topological polar surface area (TPSA) is 74.8 Å². The number of nitrogens with zero attached hydrogens (tertiary/aromatic N) is 5. The molecule has 3 rings (SSSR count). The molecule has 8 heteroatoms. The van der Waals surface area contributed by atoms with Crippen LogP contribution in [0.25, 0.3) is 0 Å². The Kier molecular flexibility index (Phi) is 5.58. The summed E-state index contributed by atoms with van der Waals surface area (Å²) in [4.78, 5) is 12.7. The molecule has 7 nitrogen and oxygen atoms in total. The molecule has 1 aliphatic rings. The van der Waals surface area contributed by atoms with Gasteiger partial charge in [-0.15, -0.1) is 5.10 Å². The van der Waals surface area contributed by atoms with E-state index in [1.54, 1.807) is 4.68 Å². The van der Waals surface area contributed by atoms with E-state index in [4.69, 9.17) is 4.74 Å². The molecule has 1 fully saturated rings. The number of hydrogen-bond acceptors (Lipinski definition) is 6. The fraction of sp³-hybridized carbons (Fsp3) is 0.647. The van der Waals surface area contributed by atoms with Gasteiger partial charge in [0.15, 0.2) is 5.78 Å². The Labute approximate surface area is 152 Å². The third kappa shape index (κ3) is 3.95. The van der Waals surface area contributed by atoms with Crippen LogP contribution in [-0.4, -0.2) is 49.0 Å². The van der Waals surface area contributed by atoms with Crippen molar-refractivity contribution in [2.24, 2.45) is 0 Å².